The van der Waals surface area contributed by atoms with Crippen LogP contribution in [-0.4, -0.2) is 22.4 Å². The van der Waals surface area contributed by atoms with Crippen LogP contribution in [0.2, 0.25) is 0 Å². The second-order valence-corrected chi connectivity index (χ2v) is 4.31. The van der Waals surface area contributed by atoms with E-state index in [9.17, 15) is 4.79 Å². The van der Waals surface area contributed by atoms with Crippen molar-refractivity contribution in [2.75, 3.05) is 17.2 Å². The van der Waals surface area contributed by atoms with Crippen molar-refractivity contribution >= 4 is 17.5 Å². The molecule has 2 N–H and O–H groups in total. The molecule has 1 aliphatic rings. The summed E-state index contributed by atoms with van der Waals surface area (Å²) in [5, 5.41) is 0. The molecule has 0 saturated carbocycles. The lowest BCUT2D eigenvalue weighted by molar-refractivity contribution is -0.117. The zero-order chi connectivity index (χ0) is 11.7. The second-order valence-electron chi connectivity index (χ2n) is 4.31. The molecule has 2 heterocycles. The Morgan fingerprint density at radius 2 is 2.25 bits per heavy atom. The van der Waals surface area contributed by atoms with Crippen molar-refractivity contribution in [1.29, 1.82) is 0 Å². The summed E-state index contributed by atoms with van der Waals surface area (Å²) in [7, 11) is 0. The molecule has 2 rings (SSSR count). The van der Waals surface area contributed by atoms with Gasteiger partial charge in [0.1, 0.15) is 0 Å². The Hall–Kier alpha value is -1.65. The van der Waals surface area contributed by atoms with Gasteiger partial charge in [-0.25, -0.2) is 9.97 Å². The van der Waals surface area contributed by atoms with Gasteiger partial charge in [-0.2, -0.15) is 0 Å². The minimum absolute atomic E-state index is 0.0967. The third-order valence-electron chi connectivity index (χ3n) is 2.70. The Morgan fingerprint density at radius 3 is 2.81 bits per heavy atom. The molecule has 0 atom stereocenters. The van der Waals surface area contributed by atoms with E-state index < -0.39 is 0 Å². The van der Waals surface area contributed by atoms with E-state index in [4.69, 9.17) is 5.73 Å². The van der Waals surface area contributed by atoms with Crippen LogP contribution in [0, 0.1) is 0 Å². The maximum atomic E-state index is 11.6. The quantitative estimate of drug-likeness (QED) is 0.815. The Morgan fingerprint density at radius 1 is 1.50 bits per heavy atom. The first-order valence-corrected chi connectivity index (χ1v) is 5.52. The highest BCUT2D eigenvalue weighted by Crippen LogP contribution is 2.23. The van der Waals surface area contributed by atoms with Crippen LogP contribution in [0.1, 0.15) is 38.3 Å². The van der Waals surface area contributed by atoms with E-state index in [1.165, 1.54) is 0 Å². The SMILES string of the molecule is CC(C)c1nc(N2CCCC2=O)ncc1N. The van der Waals surface area contributed by atoms with E-state index in [0.29, 0.717) is 24.6 Å². The third-order valence-corrected chi connectivity index (χ3v) is 2.70. The number of hydrogen-bond acceptors (Lipinski definition) is 4. The number of anilines is 2. The maximum Gasteiger partial charge on any atom is 0.232 e. The van der Waals surface area contributed by atoms with Gasteiger partial charge in [-0.05, 0) is 12.3 Å². The number of aromatic nitrogens is 2. The van der Waals surface area contributed by atoms with Gasteiger partial charge in [0.15, 0.2) is 0 Å². The van der Waals surface area contributed by atoms with Crippen LogP contribution in [0.5, 0.6) is 0 Å². The summed E-state index contributed by atoms with van der Waals surface area (Å²) in [6.07, 6.45) is 3.05. The molecule has 1 aromatic rings. The third kappa shape index (κ3) is 1.85. The monoisotopic (exact) mass is 220 g/mol. The fourth-order valence-corrected chi connectivity index (χ4v) is 1.85. The minimum Gasteiger partial charge on any atom is -0.396 e. The first-order chi connectivity index (χ1) is 7.59. The molecule has 1 aromatic heterocycles. The number of nitrogens with zero attached hydrogens (tertiary/aromatic N) is 3. The van der Waals surface area contributed by atoms with Crippen molar-refractivity contribution in [3.63, 3.8) is 0 Å². The molecular weight excluding hydrogens is 204 g/mol. The predicted octanol–water partition coefficient (Wildman–Crippen LogP) is 1.31. The zero-order valence-electron chi connectivity index (χ0n) is 9.60. The van der Waals surface area contributed by atoms with Crippen LogP contribution in [-0.2, 0) is 4.79 Å². The fraction of sp³-hybridized carbons (Fsp3) is 0.545. The van der Waals surface area contributed by atoms with E-state index in [1.54, 1.807) is 11.1 Å². The number of carbonyl (C=O) groups is 1. The van der Waals surface area contributed by atoms with Crippen LogP contribution >= 0.6 is 0 Å². The molecule has 1 aliphatic heterocycles. The molecule has 0 aliphatic carbocycles. The lowest BCUT2D eigenvalue weighted by Crippen LogP contribution is -2.26. The maximum absolute atomic E-state index is 11.6. The Labute approximate surface area is 94.7 Å². The lowest BCUT2D eigenvalue weighted by atomic mass is 10.1. The van der Waals surface area contributed by atoms with Gasteiger partial charge in [0.2, 0.25) is 11.9 Å². The van der Waals surface area contributed by atoms with Gasteiger partial charge in [0.05, 0.1) is 17.6 Å². The smallest absolute Gasteiger partial charge is 0.232 e. The highest BCUT2D eigenvalue weighted by atomic mass is 16.2. The molecule has 5 heteroatoms. The molecule has 16 heavy (non-hydrogen) atoms. The van der Waals surface area contributed by atoms with Crippen LogP contribution in [0.4, 0.5) is 11.6 Å². The van der Waals surface area contributed by atoms with Crippen LogP contribution in [0.25, 0.3) is 0 Å². The minimum atomic E-state index is 0.0967. The van der Waals surface area contributed by atoms with Gasteiger partial charge < -0.3 is 5.73 Å². The summed E-state index contributed by atoms with van der Waals surface area (Å²) in [5.41, 5.74) is 7.19. The molecule has 0 radical (unpaired) electrons. The molecular formula is C11H16N4O. The van der Waals surface area contributed by atoms with Gasteiger partial charge in [-0.15, -0.1) is 0 Å². The predicted molar refractivity (Wildman–Crippen MR) is 62.1 cm³/mol. The molecule has 1 saturated heterocycles. The van der Waals surface area contributed by atoms with Crippen molar-refractivity contribution in [1.82, 2.24) is 9.97 Å². The van der Waals surface area contributed by atoms with Crippen molar-refractivity contribution in [3.8, 4) is 0 Å². The number of nitrogens with two attached hydrogens (primary N) is 1. The number of rotatable bonds is 2. The van der Waals surface area contributed by atoms with E-state index in [-0.39, 0.29) is 11.8 Å². The van der Waals surface area contributed by atoms with Gasteiger partial charge in [-0.1, -0.05) is 13.8 Å². The molecule has 0 bridgehead atoms. The summed E-state index contributed by atoms with van der Waals surface area (Å²) in [6.45, 7) is 4.75. The molecule has 1 amide bonds. The normalized spacial score (nSPS) is 16.2. The van der Waals surface area contributed by atoms with E-state index in [1.807, 2.05) is 13.8 Å². The number of hydrogen-bond donors (Lipinski definition) is 1. The van der Waals surface area contributed by atoms with E-state index in [2.05, 4.69) is 9.97 Å². The zero-order valence-corrected chi connectivity index (χ0v) is 9.60. The van der Waals surface area contributed by atoms with Gasteiger partial charge in [0, 0.05) is 13.0 Å². The topological polar surface area (TPSA) is 72.1 Å². The van der Waals surface area contributed by atoms with Gasteiger partial charge in [-0.3, -0.25) is 9.69 Å². The molecule has 1 fully saturated rings. The first-order valence-electron chi connectivity index (χ1n) is 5.52. The summed E-state index contributed by atoms with van der Waals surface area (Å²) in [6, 6.07) is 0. The van der Waals surface area contributed by atoms with Gasteiger partial charge in [0.25, 0.3) is 0 Å². The first kappa shape index (κ1) is 10.9. The number of carbonyl (C=O) groups excluding carboxylic acids is 1. The van der Waals surface area contributed by atoms with Crippen LogP contribution in [0.15, 0.2) is 6.20 Å². The molecule has 0 spiro atoms. The van der Waals surface area contributed by atoms with E-state index in [0.717, 1.165) is 12.1 Å². The van der Waals surface area contributed by atoms with Crippen molar-refractivity contribution in [3.05, 3.63) is 11.9 Å². The highest BCUT2D eigenvalue weighted by Gasteiger charge is 2.24. The number of amides is 1. The standard InChI is InChI=1S/C11H16N4O/c1-7(2)10-8(12)6-13-11(14-10)15-5-3-4-9(15)16/h6-7H,3-5,12H2,1-2H3. The Bertz CT molecular complexity index is 416. The van der Waals surface area contributed by atoms with Gasteiger partial charge >= 0.3 is 0 Å². The van der Waals surface area contributed by atoms with Crippen molar-refractivity contribution in [2.24, 2.45) is 0 Å². The average molecular weight is 220 g/mol. The summed E-state index contributed by atoms with van der Waals surface area (Å²) >= 11 is 0. The summed E-state index contributed by atoms with van der Waals surface area (Å²) < 4.78 is 0. The summed E-state index contributed by atoms with van der Waals surface area (Å²) in [5.74, 6) is 0.819. The Balaban J connectivity index is 2.35. The summed E-state index contributed by atoms with van der Waals surface area (Å²) in [4.78, 5) is 21.7. The van der Waals surface area contributed by atoms with Crippen LogP contribution in [0.3, 0.4) is 0 Å². The number of nitrogen functional groups attached to an aromatic ring is 1. The van der Waals surface area contributed by atoms with E-state index >= 15 is 0 Å². The Kier molecular flexibility index (Phi) is 2.77. The largest absolute Gasteiger partial charge is 0.396 e. The van der Waals surface area contributed by atoms with Crippen molar-refractivity contribution < 1.29 is 4.79 Å². The molecule has 86 valence electrons. The lowest BCUT2D eigenvalue weighted by Gasteiger charge is -2.16. The highest BCUT2D eigenvalue weighted by molar-refractivity contribution is 5.93. The average Bonchev–Trinajstić information content (AvgIpc) is 2.65. The fourth-order valence-electron chi connectivity index (χ4n) is 1.85. The molecule has 5 nitrogen and oxygen atoms in total. The second kappa shape index (κ2) is 4.08. The van der Waals surface area contributed by atoms with Crippen LogP contribution < -0.4 is 10.6 Å². The molecule has 0 unspecified atom stereocenters. The van der Waals surface area contributed by atoms with Crippen molar-refractivity contribution in [2.45, 2.75) is 32.6 Å². The molecule has 0 aromatic carbocycles.